The van der Waals surface area contributed by atoms with Crippen molar-refractivity contribution in [2.75, 3.05) is 13.2 Å². The zero-order valence-corrected chi connectivity index (χ0v) is 11.1. The number of nitrogens with zero attached hydrogens (tertiary/aromatic N) is 1. The Morgan fingerprint density at radius 1 is 1.29 bits per heavy atom. The minimum absolute atomic E-state index is 0.375. The first-order valence-corrected chi connectivity index (χ1v) is 6.62. The molecule has 1 saturated heterocycles. The lowest BCUT2D eigenvalue weighted by Crippen LogP contribution is -2.39. The molecule has 0 saturated carbocycles. The van der Waals surface area contributed by atoms with Crippen molar-refractivity contribution in [1.82, 2.24) is 4.90 Å². The quantitative estimate of drug-likeness (QED) is 0.792. The van der Waals surface area contributed by atoms with Crippen molar-refractivity contribution in [3.05, 3.63) is 35.4 Å². The number of benzene rings is 1. The van der Waals surface area contributed by atoms with Gasteiger partial charge in [0.15, 0.2) is 0 Å². The Kier molecular flexibility index (Phi) is 4.19. The summed E-state index contributed by atoms with van der Waals surface area (Å²) in [5.74, 6) is 0. The molecule has 17 heavy (non-hydrogen) atoms. The summed E-state index contributed by atoms with van der Waals surface area (Å²) >= 11 is 0. The number of likely N-dealkylation sites (N-methyl/N-ethyl adjacent to an activating group) is 1. The van der Waals surface area contributed by atoms with Crippen molar-refractivity contribution in [2.45, 2.75) is 45.9 Å². The van der Waals surface area contributed by atoms with Crippen molar-refractivity contribution >= 4 is 0 Å². The van der Waals surface area contributed by atoms with E-state index in [1.807, 2.05) is 0 Å². The van der Waals surface area contributed by atoms with Crippen LogP contribution < -0.4 is 0 Å². The maximum atomic E-state index is 5.66. The molecule has 0 spiro atoms. The van der Waals surface area contributed by atoms with Gasteiger partial charge < -0.3 is 4.74 Å². The van der Waals surface area contributed by atoms with E-state index in [1.165, 1.54) is 17.5 Å². The molecule has 2 nitrogen and oxygen atoms in total. The highest BCUT2D eigenvalue weighted by Crippen LogP contribution is 2.21. The van der Waals surface area contributed by atoms with E-state index in [1.54, 1.807) is 0 Å². The first-order valence-electron chi connectivity index (χ1n) is 6.62. The molecule has 0 aromatic heterocycles. The molecule has 0 N–H and O–H groups in total. The van der Waals surface area contributed by atoms with E-state index in [-0.39, 0.29) is 0 Å². The fraction of sp³-hybridized carbons (Fsp3) is 0.600. The average molecular weight is 233 g/mol. The molecule has 0 amide bonds. The summed E-state index contributed by atoms with van der Waals surface area (Å²) in [7, 11) is 0. The standard InChI is InChI=1S/C15H23NO/c1-4-16(15-9-10-17-13(15)3)11-14-7-5-12(2)6-8-14/h5-8,13,15H,4,9-11H2,1-3H3. The van der Waals surface area contributed by atoms with Gasteiger partial charge in [-0.3, -0.25) is 4.90 Å². The Morgan fingerprint density at radius 2 is 2.00 bits per heavy atom. The summed E-state index contributed by atoms with van der Waals surface area (Å²) in [6.07, 6.45) is 1.54. The van der Waals surface area contributed by atoms with Crippen LogP contribution in [0.15, 0.2) is 24.3 Å². The van der Waals surface area contributed by atoms with Crippen molar-refractivity contribution in [1.29, 1.82) is 0 Å². The largest absolute Gasteiger partial charge is 0.377 e. The minimum atomic E-state index is 0.375. The molecule has 1 heterocycles. The molecule has 1 fully saturated rings. The number of hydrogen-bond donors (Lipinski definition) is 0. The number of hydrogen-bond acceptors (Lipinski definition) is 2. The van der Waals surface area contributed by atoms with Crippen LogP contribution in [0.1, 0.15) is 31.4 Å². The normalized spacial score (nSPS) is 24.5. The molecule has 0 radical (unpaired) electrons. The van der Waals surface area contributed by atoms with Gasteiger partial charge in [-0.05, 0) is 32.4 Å². The van der Waals surface area contributed by atoms with Gasteiger partial charge in [-0.1, -0.05) is 36.8 Å². The van der Waals surface area contributed by atoms with E-state index < -0.39 is 0 Å². The zero-order valence-electron chi connectivity index (χ0n) is 11.1. The Bertz CT molecular complexity index is 346. The van der Waals surface area contributed by atoms with Gasteiger partial charge in [-0.15, -0.1) is 0 Å². The van der Waals surface area contributed by atoms with Crippen LogP contribution in [0.3, 0.4) is 0 Å². The van der Waals surface area contributed by atoms with Crippen molar-refractivity contribution < 1.29 is 4.74 Å². The summed E-state index contributed by atoms with van der Waals surface area (Å²) in [5, 5.41) is 0. The van der Waals surface area contributed by atoms with Crippen molar-refractivity contribution in [2.24, 2.45) is 0 Å². The first kappa shape index (κ1) is 12.6. The van der Waals surface area contributed by atoms with Crippen LogP contribution in [0.25, 0.3) is 0 Å². The monoisotopic (exact) mass is 233 g/mol. The maximum Gasteiger partial charge on any atom is 0.0703 e. The molecule has 2 unspecified atom stereocenters. The van der Waals surface area contributed by atoms with Crippen LogP contribution in [0.5, 0.6) is 0 Å². The third-order valence-electron chi connectivity index (χ3n) is 3.72. The third kappa shape index (κ3) is 3.08. The summed E-state index contributed by atoms with van der Waals surface area (Å²) < 4.78 is 5.66. The van der Waals surface area contributed by atoms with Gasteiger partial charge in [0, 0.05) is 19.2 Å². The van der Waals surface area contributed by atoms with E-state index in [2.05, 4.69) is 49.9 Å². The fourth-order valence-electron chi connectivity index (χ4n) is 2.59. The van der Waals surface area contributed by atoms with E-state index >= 15 is 0 Å². The van der Waals surface area contributed by atoms with Crippen molar-refractivity contribution in [3.8, 4) is 0 Å². The fourth-order valence-corrected chi connectivity index (χ4v) is 2.59. The molecule has 1 aromatic rings. The average Bonchev–Trinajstić information content (AvgIpc) is 2.75. The highest BCUT2D eigenvalue weighted by atomic mass is 16.5. The van der Waals surface area contributed by atoms with Crippen molar-refractivity contribution in [3.63, 3.8) is 0 Å². The van der Waals surface area contributed by atoms with Gasteiger partial charge in [-0.2, -0.15) is 0 Å². The second-order valence-electron chi connectivity index (χ2n) is 4.98. The van der Waals surface area contributed by atoms with E-state index in [0.29, 0.717) is 12.1 Å². The van der Waals surface area contributed by atoms with Gasteiger partial charge in [0.05, 0.1) is 6.10 Å². The Balaban J connectivity index is 2.01. The van der Waals surface area contributed by atoms with E-state index in [4.69, 9.17) is 4.74 Å². The number of aryl methyl sites for hydroxylation is 1. The molecule has 2 atom stereocenters. The van der Waals surface area contributed by atoms with Gasteiger partial charge in [0.1, 0.15) is 0 Å². The van der Waals surface area contributed by atoms with Crippen LogP contribution in [-0.4, -0.2) is 30.2 Å². The SMILES string of the molecule is CCN(Cc1ccc(C)cc1)C1CCOC1C. The predicted octanol–water partition coefficient (Wildman–Crippen LogP) is 2.99. The Morgan fingerprint density at radius 3 is 2.53 bits per heavy atom. The molecule has 1 aliphatic heterocycles. The molecule has 2 rings (SSSR count). The van der Waals surface area contributed by atoms with E-state index in [0.717, 1.165) is 19.7 Å². The second kappa shape index (κ2) is 5.65. The molecule has 1 aliphatic rings. The lowest BCUT2D eigenvalue weighted by Gasteiger charge is -2.29. The highest BCUT2D eigenvalue weighted by Gasteiger charge is 2.28. The maximum absolute atomic E-state index is 5.66. The van der Waals surface area contributed by atoms with Gasteiger partial charge in [-0.25, -0.2) is 0 Å². The minimum Gasteiger partial charge on any atom is -0.377 e. The first-order chi connectivity index (χ1) is 8.20. The second-order valence-corrected chi connectivity index (χ2v) is 4.98. The topological polar surface area (TPSA) is 12.5 Å². The highest BCUT2D eigenvalue weighted by molar-refractivity contribution is 5.21. The Hall–Kier alpha value is -0.860. The summed E-state index contributed by atoms with van der Waals surface area (Å²) in [6.45, 7) is 9.60. The summed E-state index contributed by atoms with van der Waals surface area (Å²) in [4.78, 5) is 2.53. The van der Waals surface area contributed by atoms with Crippen LogP contribution in [-0.2, 0) is 11.3 Å². The third-order valence-corrected chi connectivity index (χ3v) is 3.72. The van der Waals surface area contributed by atoms with E-state index in [9.17, 15) is 0 Å². The molecule has 0 bridgehead atoms. The Labute approximate surface area is 105 Å². The van der Waals surface area contributed by atoms with Crippen LogP contribution in [0.4, 0.5) is 0 Å². The van der Waals surface area contributed by atoms with Crippen LogP contribution in [0.2, 0.25) is 0 Å². The van der Waals surface area contributed by atoms with Crippen LogP contribution >= 0.6 is 0 Å². The zero-order chi connectivity index (χ0) is 12.3. The molecule has 2 heteroatoms. The molecule has 94 valence electrons. The predicted molar refractivity (Wildman–Crippen MR) is 71.1 cm³/mol. The van der Waals surface area contributed by atoms with Gasteiger partial charge in [0.2, 0.25) is 0 Å². The summed E-state index contributed by atoms with van der Waals surface area (Å²) in [6, 6.07) is 9.44. The molecule has 0 aliphatic carbocycles. The summed E-state index contributed by atoms with van der Waals surface area (Å²) in [5.41, 5.74) is 2.73. The van der Waals surface area contributed by atoms with Gasteiger partial charge in [0.25, 0.3) is 0 Å². The number of rotatable bonds is 4. The lowest BCUT2D eigenvalue weighted by atomic mass is 10.1. The lowest BCUT2D eigenvalue weighted by molar-refractivity contribution is 0.0730. The molecular formula is C15H23NO. The van der Waals surface area contributed by atoms with Crippen LogP contribution in [0, 0.1) is 6.92 Å². The smallest absolute Gasteiger partial charge is 0.0703 e. The molecular weight excluding hydrogens is 210 g/mol. The van der Waals surface area contributed by atoms with Gasteiger partial charge >= 0.3 is 0 Å². The molecule has 1 aromatic carbocycles. The number of ether oxygens (including phenoxy) is 1.